The Labute approximate surface area is 163 Å². The number of nitrogens with one attached hydrogen (secondary N) is 2. The van der Waals surface area contributed by atoms with Gasteiger partial charge in [0.2, 0.25) is 11.8 Å². The third-order valence-electron chi connectivity index (χ3n) is 5.07. The number of fused-ring (bicyclic) bond motifs is 1. The van der Waals surface area contributed by atoms with Gasteiger partial charge in [-0.05, 0) is 19.1 Å². The van der Waals surface area contributed by atoms with Gasteiger partial charge in [0.05, 0.1) is 11.5 Å². The highest BCUT2D eigenvalue weighted by Gasteiger charge is 2.45. The molecule has 6 heteroatoms. The molecule has 2 N–H and O–H groups in total. The zero-order valence-electron chi connectivity index (χ0n) is 15.6. The van der Waals surface area contributed by atoms with E-state index in [2.05, 4.69) is 10.6 Å². The number of amides is 2. The largest absolute Gasteiger partial charge is 0.369 e. The molecule has 0 spiro atoms. The van der Waals surface area contributed by atoms with Crippen LogP contribution in [0.15, 0.2) is 66.0 Å². The van der Waals surface area contributed by atoms with Gasteiger partial charge in [0.15, 0.2) is 5.78 Å². The first-order chi connectivity index (χ1) is 13.5. The number of hydrogen-bond donors (Lipinski definition) is 2. The van der Waals surface area contributed by atoms with Crippen molar-refractivity contribution in [1.82, 2.24) is 10.2 Å². The first kappa shape index (κ1) is 18.0. The second kappa shape index (κ2) is 7.31. The van der Waals surface area contributed by atoms with Crippen LogP contribution >= 0.6 is 0 Å². The summed E-state index contributed by atoms with van der Waals surface area (Å²) < 4.78 is 0. The molecule has 2 aromatic carbocycles. The molecule has 2 aliphatic heterocycles. The number of carbonyl (C=O) groups excluding carboxylic acids is 3. The van der Waals surface area contributed by atoms with Gasteiger partial charge in [-0.25, -0.2) is 0 Å². The molecule has 0 bridgehead atoms. The minimum absolute atomic E-state index is 0.0672. The Morgan fingerprint density at radius 1 is 1.11 bits per heavy atom. The molecule has 1 atom stereocenters. The Bertz CT molecular complexity index is 964. The molecule has 142 valence electrons. The second-order valence-electron chi connectivity index (χ2n) is 7.04. The van der Waals surface area contributed by atoms with E-state index in [1.165, 1.54) is 0 Å². The Morgan fingerprint density at radius 2 is 1.82 bits per heavy atom. The lowest BCUT2D eigenvalue weighted by Gasteiger charge is -2.14. The molecule has 1 saturated heterocycles. The third kappa shape index (κ3) is 3.29. The number of ketones is 1. The predicted octanol–water partition coefficient (Wildman–Crippen LogP) is 2.48. The minimum atomic E-state index is -0.777. The molecule has 4 rings (SSSR count). The molecule has 0 unspecified atom stereocenters. The Hall–Kier alpha value is -3.41. The van der Waals surface area contributed by atoms with Gasteiger partial charge in [-0.3, -0.25) is 19.3 Å². The fourth-order valence-corrected chi connectivity index (χ4v) is 3.67. The molecule has 0 radical (unpaired) electrons. The maximum Gasteiger partial charge on any atom is 0.236 e. The highest BCUT2D eigenvalue weighted by Crippen LogP contribution is 2.35. The molecule has 2 amide bonds. The van der Waals surface area contributed by atoms with Crippen molar-refractivity contribution >= 4 is 23.3 Å². The van der Waals surface area contributed by atoms with Gasteiger partial charge in [-0.2, -0.15) is 0 Å². The molecular formula is C22H21N3O3. The van der Waals surface area contributed by atoms with Crippen molar-refractivity contribution in [1.29, 1.82) is 0 Å². The molecule has 0 aromatic heterocycles. The standard InChI is InChI=1S/C22H21N3O3/c1-14-7-9-16(10-8-14)24-18(26)13-17-19(20(27)15-5-3-2-4-6-15)21-23-11-12-25(21)22(17)28/h2-10,17,23H,11-13H2,1H3,(H,24,26)/t17-/m1/s1. The van der Waals surface area contributed by atoms with E-state index in [0.717, 1.165) is 5.56 Å². The van der Waals surface area contributed by atoms with Crippen molar-refractivity contribution in [2.24, 2.45) is 5.92 Å². The number of anilines is 1. The summed E-state index contributed by atoms with van der Waals surface area (Å²) in [5.74, 6) is -0.928. The van der Waals surface area contributed by atoms with Crippen LogP contribution in [0.3, 0.4) is 0 Å². The lowest BCUT2D eigenvalue weighted by molar-refractivity contribution is -0.132. The summed E-state index contributed by atoms with van der Waals surface area (Å²) in [4.78, 5) is 40.2. The first-order valence-corrected chi connectivity index (χ1v) is 9.30. The summed E-state index contributed by atoms with van der Waals surface area (Å²) in [5, 5.41) is 5.96. The zero-order valence-corrected chi connectivity index (χ0v) is 15.6. The SMILES string of the molecule is Cc1ccc(NC(=O)C[C@H]2C(=O)N3CCNC3=C2C(=O)c2ccccc2)cc1. The number of hydrogen-bond acceptors (Lipinski definition) is 4. The normalized spacial score (nSPS) is 18.1. The number of aryl methyl sites for hydroxylation is 1. The van der Waals surface area contributed by atoms with Crippen LogP contribution < -0.4 is 10.6 Å². The summed E-state index contributed by atoms with van der Waals surface area (Å²) in [6.07, 6.45) is -0.0672. The summed E-state index contributed by atoms with van der Waals surface area (Å²) in [6, 6.07) is 16.3. The number of Topliss-reactive ketones (excluding diaryl/α,β-unsaturated/α-hetero) is 1. The number of carbonyl (C=O) groups is 3. The first-order valence-electron chi connectivity index (χ1n) is 9.30. The monoisotopic (exact) mass is 375 g/mol. The highest BCUT2D eigenvalue weighted by molar-refractivity contribution is 6.15. The van der Waals surface area contributed by atoms with E-state index in [0.29, 0.717) is 35.7 Å². The zero-order chi connectivity index (χ0) is 19.7. The van der Waals surface area contributed by atoms with Crippen LogP contribution in [-0.2, 0) is 9.59 Å². The average molecular weight is 375 g/mol. The van der Waals surface area contributed by atoms with Gasteiger partial charge in [0.1, 0.15) is 5.82 Å². The van der Waals surface area contributed by atoms with E-state index in [4.69, 9.17) is 0 Å². The minimum Gasteiger partial charge on any atom is -0.369 e. The topological polar surface area (TPSA) is 78.5 Å². The van der Waals surface area contributed by atoms with Gasteiger partial charge in [0, 0.05) is 30.8 Å². The van der Waals surface area contributed by atoms with E-state index in [9.17, 15) is 14.4 Å². The number of benzene rings is 2. The molecular weight excluding hydrogens is 354 g/mol. The van der Waals surface area contributed by atoms with Gasteiger partial charge >= 0.3 is 0 Å². The van der Waals surface area contributed by atoms with Gasteiger partial charge in [-0.1, -0.05) is 48.0 Å². The molecule has 28 heavy (non-hydrogen) atoms. The molecule has 0 aliphatic carbocycles. The third-order valence-corrected chi connectivity index (χ3v) is 5.07. The quantitative estimate of drug-likeness (QED) is 0.787. The lowest BCUT2D eigenvalue weighted by atomic mass is 9.90. The van der Waals surface area contributed by atoms with Gasteiger partial charge in [0.25, 0.3) is 0 Å². The van der Waals surface area contributed by atoms with Gasteiger partial charge < -0.3 is 10.6 Å². The van der Waals surface area contributed by atoms with Crippen LogP contribution in [-0.4, -0.2) is 35.6 Å². The van der Waals surface area contributed by atoms with E-state index in [1.807, 2.05) is 37.3 Å². The molecule has 2 aliphatic rings. The lowest BCUT2D eigenvalue weighted by Crippen LogP contribution is -2.30. The fourth-order valence-electron chi connectivity index (χ4n) is 3.67. The Kier molecular flexibility index (Phi) is 4.69. The van der Waals surface area contributed by atoms with Crippen LogP contribution in [0.5, 0.6) is 0 Å². The Morgan fingerprint density at radius 3 is 2.54 bits per heavy atom. The van der Waals surface area contributed by atoms with Crippen molar-refractivity contribution < 1.29 is 14.4 Å². The summed E-state index contributed by atoms with van der Waals surface area (Å²) in [5.41, 5.74) is 2.66. The van der Waals surface area contributed by atoms with Crippen molar-refractivity contribution in [3.05, 3.63) is 77.1 Å². The predicted molar refractivity (Wildman–Crippen MR) is 105 cm³/mol. The van der Waals surface area contributed by atoms with E-state index < -0.39 is 5.92 Å². The molecule has 1 fully saturated rings. The molecule has 0 saturated carbocycles. The van der Waals surface area contributed by atoms with Crippen LogP contribution in [0.1, 0.15) is 22.3 Å². The second-order valence-corrected chi connectivity index (χ2v) is 7.04. The summed E-state index contributed by atoms with van der Waals surface area (Å²) in [7, 11) is 0. The molecule has 2 heterocycles. The smallest absolute Gasteiger partial charge is 0.236 e. The highest BCUT2D eigenvalue weighted by atomic mass is 16.2. The summed E-state index contributed by atoms with van der Waals surface area (Å²) in [6.45, 7) is 3.08. The average Bonchev–Trinajstić information content (AvgIpc) is 3.27. The van der Waals surface area contributed by atoms with Crippen LogP contribution in [0, 0.1) is 12.8 Å². The van der Waals surface area contributed by atoms with Crippen molar-refractivity contribution in [3.63, 3.8) is 0 Å². The van der Waals surface area contributed by atoms with E-state index in [-0.39, 0.29) is 24.0 Å². The van der Waals surface area contributed by atoms with Crippen LogP contribution in [0.25, 0.3) is 0 Å². The van der Waals surface area contributed by atoms with E-state index in [1.54, 1.807) is 29.2 Å². The van der Waals surface area contributed by atoms with Crippen molar-refractivity contribution in [2.45, 2.75) is 13.3 Å². The van der Waals surface area contributed by atoms with Gasteiger partial charge in [-0.15, -0.1) is 0 Å². The van der Waals surface area contributed by atoms with Crippen LogP contribution in [0.4, 0.5) is 5.69 Å². The van der Waals surface area contributed by atoms with Crippen molar-refractivity contribution in [2.75, 3.05) is 18.4 Å². The fraction of sp³-hybridized carbons (Fsp3) is 0.227. The number of rotatable bonds is 5. The Balaban J connectivity index is 1.58. The maximum atomic E-state index is 13.1. The molecule has 2 aromatic rings. The maximum absolute atomic E-state index is 13.1. The van der Waals surface area contributed by atoms with Crippen LogP contribution in [0.2, 0.25) is 0 Å². The molecule has 6 nitrogen and oxygen atoms in total. The summed E-state index contributed by atoms with van der Waals surface area (Å²) >= 11 is 0. The van der Waals surface area contributed by atoms with E-state index >= 15 is 0 Å². The number of nitrogens with zero attached hydrogens (tertiary/aromatic N) is 1. The van der Waals surface area contributed by atoms with Crippen molar-refractivity contribution in [3.8, 4) is 0 Å².